The topological polar surface area (TPSA) is 58.2 Å². The first-order chi connectivity index (χ1) is 8.69. The van der Waals surface area contributed by atoms with Gasteiger partial charge in [-0.2, -0.15) is 0 Å². The van der Waals surface area contributed by atoms with Gasteiger partial charge in [-0.05, 0) is 43.4 Å². The lowest BCUT2D eigenvalue weighted by Crippen LogP contribution is -2.11. The minimum Gasteiger partial charge on any atom is -0.326 e. The van der Waals surface area contributed by atoms with Crippen molar-refractivity contribution >= 4 is 23.2 Å². The van der Waals surface area contributed by atoms with Crippen molar-refractivity contribution in [2.75, 3.05) is 10.6 Å². The highest BCUT2D eigenvalue weighted by Gasteiger charge is 2.13. The molecule has 0 bridgehead atoms. The highest BCUT2D eigenvalue weighted by molar-refractivity contribution is 6.04. The molecule has 0 aliphatic carbocycles. The number of hydrogen-bond donors (Lipinski definition) is 2. The van der Waals surface area contributed by atoms with Gasteiger partial charge in [0.15, 0.2) is 0 Å². The monoisotopic (exact) mass is 242 g/mol. The van der Waals surface area contributed by atoms with Gasteiger partial charge in [0.25, 0.3) is 5.91 Å². The van der Waals surface area contributed by atoms with E-state index in [2.05, 4.69) is 22.5 Å². The second-order valence-corrected chi connectivity index (χ2v) is 4.10. The van der Waals surface area contributed by atoms with Crippen molar-refractivity contribution in [1.82, 2.24) is 0 Å². The van der Waals surface area contributed by atoms with Crippen LogP contribution in [0.15, 0.2) is 18.2 Å². The van der Waals surface area contributed by atoms with Crippen LogP contribution < -0.4 is 10.6 Å². The number of fused-ring (bicyclic) bond motifs is 1. The van der Waals surface area contributed by atoms with Crippen LogP contribution in [0.3, 0.4) is 0 Å². The van der Waals surface area contributed by atoms with Crippen molar-refractivity contribution in [3.8, 4) is 11.8 Å². The van der Waals surface area contributed by atoms with Gasteiger partial charge in [0.2, 0.25) is 5.91 Å². The summed E-state index contributed by atoms with van der Waals surface area (Å²) >= 11 is 0. The molecule has 1 aliphatic heterocycles. The third-order valence-corrected chi connectivity index (χ3v) is 2.73. The Morgan fingerprint density at radius 1 is 1.39 bits per heavy atom. The number of benzene rings is 1. The van der Waals surface area contributed by atoms with Crippen LogP contribution >= 0.6 is 0 Å². The van der Waals surface area contributed by atoms with E-state index in [1.54, 1.807) is 13.0 Å². The van der Waals surface area contributed by atoms with Gasteiger partial charge in [-0.1, -0.05) is 12.0 Å². The second-order valence-electron chi connectivity index (χ2n) is 4.10. The van der Waals surface area contributed by atoms with Gasteiger partial charge in [0, 0.05) is 17.8 Å². The maximum atomic E-state index is 11.5. The fourth-order valence-electron chi connectivity index (χ4n) is 1.92. The number of anilines is 2. The van der Waals surface area contributed by atoms with E-state index in [1.165, 1.54) is 0 Å². The molecule has 18 heavy (non-hydrogen) atoms. The van der Waals surface area contributed by atoms with Crippen LogP contribution in [0.5, 0.6) is 0 Å². The van der Waals surface area contributed by atoms with Gasteiger partial charge in [-0.15, -0.1) is 0 Å². The Balaban J connectivity index is 2.22. The maximum Gasteiger partial charge on any atom is 0.300 e. The predicted octanol–water partition coefficient (Wildman–Crippen LogP) is 1.92. The van der Waals surface area contributed by atoms with Gasteiger partial charge in [-0.3, -0.25) is 9.59 Å². The largest absolute Gasteiger partial charge is 0.326 e. The number of carbonyl (C=O) groups is 2. The van der Waals surface area contributed by atoms with Crippen molar-refractivity contribution < 1.29 is 9.59 Å². The zero-order valence-electron chi connectivity index (χ0n) is 10.2. The van der Waals surface area contributed by atoms with E-state index in [1.807, 2.05) is 12.1 Å². The Bertz CT molecular complexity index is 553. The molecule has 4 heteroatoms. The molecule has 0 aromatic heterocycles. The van der Waals surface area contributed by atoms with Crippen molar-refractivity contribution in [2.45, 2.75) is 26.2 Å². The third kappa shape index (κ3) is 2.89. The molecule has 0 spiro atoms. The molecule has 0 radical (unpaired) electrons. The number of rotatable bonds is 1. The Hall–Kier alpha value is -2.28. The van der Waals surface area contributed by atoms with Crippen LogP contribution in [0.1, 0.15) is 25.3 Å². The normalized spacial score (nSPS) is 13.5. The molecule has 2 N–H and O–H groups in total. The van der Waals surface area contributed by atoms with Gasteiger partial charge < -0.3 is 10.6 Å². The van der Waals surface area contributed by atoms with Crippen molar-refractivity contribution in [3.63, 3.8) is 0 Å². The lowest BCUT2D eigenvalue weighted by molar-refractivity contribution is -0.116. The third-order valence-electron chi connectivity index (χ3n) is 2.73. The zero-order chi connectivity index (χ0) is 13.0. The summed E-state index contributed by atoms with van der Waals surface area (Å²) in [5, 5.41) is 5.51. The molecule has 0 saturated heterocycles. The lowest BCUT2D eigenvalue weighted by Gasteiger charge is -2.09. The fourth-order valence-corrected chi connectivity index (χ4v) is 1.92. The molecule has 0 saturated carbocycles. The Morgan fingerprint density at radius 3 is 3.00 bits per heavy atom. The molecule has 92 valence electrons. The molecular formula is C14H14N2O2. The summed E-state index contributed by atoms with van der Waals surface area (Å²) in [5.74, 6) is 4.61. The zero-order valence-corrected chi connectivity index (χ0v) is 10.2. The molecule has 0 fully saturated rings. The molecule has 0 atom stereocenters. The first-order valence-corrected chi connectivity index (χ1v) is 5.85. The van der Waals surface area contributed by atoms with E-state index in [4.69, 9.17) is 0 Å². The molecule has 1 aromatic rings. The second kappa shape index (κ2) is 5.37. The molecule has 2 amide bonds. The summed E-state index contributed by atoms with van der Waals surface area (Å²) < 4.78 is 0. The Labute approximate surface area is 106 Å². The summed E-state index contributed by atoms with van der Waals surface area (Å²) in [5.41, 5.74) is 2.52. The summed E-state index contributed by atoms with van der Waals surface area (Å²) in [6, 6.07) is 5.52. The average Bonchev–Trinajstić information content (AvgIpc) is 2.49. The Morgan fingerprint density at radius 2 is 2.22 bits per heavy atom. The molecule has 1 aliphatic rings. The minimum absolute atomic E-state index is 0.0191. The lowest BCUT2D eigenvalue weighted by atomic mass is 10.1. The number of carbonyl (C=O) groups excluding carboxylic acids is 2. The number of hydrogen-bond acceptors (Lipinski definition) is 2. The van der Waals surface area contributed by atoms with E-state index in [0.29, 0.717) is 12.1 Å². The quantitative estimate of drug-likeness (QED) is 0.739. The van der Waals surface area contributed by atoms with Crippen LogP contribution in [-0.4, -0.2) is 11.8 Å². The van der Waals surface area contributed by atoms with E-state index in [9.17, 15) is 9.59 Å². The summed E-state index contributed by atoms with van der Waals surface area (Å²) in [7, 11) is 0. The smallest absolute Gasteiger partial charge is 0.300 e. The fraction of sp³-hybridized carbons (Fsp3) is 0.286. The van der Waals surface area contributed by atoms with Crippen molar-refractivity contribution in [1.29, 1.82) is 0 Å². The minimum atomic E-state index is -0.350. The van der Waals surface area contributed by atoms with Crippen LogP contribution in [0.25, 0.3) is 0 Å². The van der Waals surface area contributed by atoms with Crippen LogP contribution in [0.2, 0.25) is 0 Å². The van der Waals surface area contributed by atoms with Crippen LogP contribution in [0, 0.1) is 11.8 Å². The van der Waals surface area contributed by atoms with Crippen molar-refractivity contribution in [3.05, 3.63) is 23.8 Å². The van der Waals surface area contributed by atoms with Crippen LogP contribution in [0.4, 0.5) is 11.4 Å². The summed E-state index contributed by atoms with van der Waals surface area (Å²) in [6.07, 6.45) is 2.26. The summed E-state index contributed by atoms with van der Waals surface area (Å²) in [4.78, 5) is 22.8. The average molecular weight is 242 g/mol. The first-order valence-electron chi connectivity index (χ1n) is 5.85. The van der Waals surface area contributed by atoms with Gasteiger partial charge in [-0.25, -0.2) is 0 Å². The number of amides is 2. The van der Waals surface area contributed by atoms with Crippen molar-refractivity contribution in [2.24, 2.45) is 0 Å². The highest BCUT2D eigenvalue weighted by Crippen LogP contribution is 2.25. The van der Waals surface area contributed by atoms with E-state index < -0.39 is 0 Å². The van der Waals surface area contributed by atoms with E-state index in [-0.39, 0.29) is 11.8 Å². The highest BCUT2D eigenvalue weighted by atomic mass is 16.2. The molecule has 0 unspecified atom stereocenters. The maximum absolute atomic E-state index is 11.5. The van der Waals surface area contributed by atoms with E-state index >= 15 is 0 Å². The molecule has 2 rings (SSSR count). The van der Waals surface area contributed by atoms with Gasteiger partial charge in [0.05, 0.1) is 0 Å². The molecule has 1 aromatic carbocycles. The summed E-state index contributed by atoms with van der Waals surface area (Å²) in [6.45, 7) is 1.61. The predicted molar refractivity (Wildman–Crippen MR) is 70.1 cm³/mol. The standard InChI is InChI=1S/C14H14N2O2/c1-2-4-13(17)15-11-8-7-10-5-3-6-14(18)16-12(10)9-11/h7-9H,3,5-6H2,1H3,(H,15,17)(H,16,18). The molecule has 1 heterocycles. The van der Waals surface area contributed by atoms with E-state index in [0.717, 1.165) is 24.1 Å². The first kappa shape index (κ1) is 12.2. The van der Waals surface area contributed by atoms with Gasteiger partial charge in [0.1, 0.15) is 0 Å². The SMILES string of the molecule is CC#CC(=O)Nc1ccc2c(c1)NC(=O)CCC2. The van der Waals surface area contributed by atoms with Gasteiger partial charge >= 0.3 is 0 Å². The number of aryl methyl sites for hydroxylation is 1. The Kier molecular flexibility index (Phi) is 3.63. The molecular weight excluding hydrogens is 228 g/mol. The van der Waals surface area contributed by atoms with Crippen LogP contribution in [-0.2, 0) is 16.0 Å². The molecule has 4 nitrogen and oxygen atoms in total. The number of nitrogens with one attached hydrogen (secondary N) is 2.